The van der Waals surface area contributed by atoms with Gasteiger partial charge < -0.3 is 24.2 Å². The maximum absolute atomic E-state index is 16.1. The Morgan fingerprint density at radius 2 is 1.71 bits per heavy atom. The van der Waals surface area contributed by atoms with E-state index in [1.165, 1.54) is 19.4 Å². The number of likely N-dealkylation sites (N-methyl/N-ethyl adjacent to an activating group) is 1. The van der Waals surface area contributed by atoms with E-state index in [2.05, 4.69) is 59.8 Å². The van der Waals surface area contributed by atoms with Gasteiger partial charge in [0.05, 0.1) is 35.4 Å². The molecule has 1 aromatic carbocycles. The summed E-state index contributed by atoms with van der Waals surface area (Å²) < 4.78 is 23.5. The number of fused-ring (bicyclic) bond motifs is 1. The van der Waals surface area contributed by atoms with Crippen LogP contribution < -0.4 is 15.0 Å². The maximum atomic E-state index is 16.1. The number of pyridine rings is 2. The number of nitrogens with zero attached hydrogens (tertiary/aromatic N) is 7. The van der Waals surface area contributed by atoms with Gasteiger partial charge in [0.2, 0.25) is 5.95 Å². The van der Waals surface area contributed by atoms with E-state index >= 15 is 4.39 Å². The lowest BCUT2D eigenvalue weighted by molar-refractivity contribution is 0.0982. The first kappa shape index (κ1) is 32.4. The van der Waals surface area contributed by atoms with Crippen LogP contribution in [0.25, 0.3) is 22.3 Å². The van der Waals surface area contributed by atoms with E-state index in [1.54, 1.807) is 19.2 Å². The van der Waals surface area contributed by atoms with Crippen molar-refractivity contribution in [3.8, 4) is 17.0 Å². The van der Waals surface area contributed by atoms with Gasteiger partial charge in [0.25, 0.3) is 5.91 Å². The van der Waals surface area contributed by atoms with E-state index in [-0.39, 0.29) is 23.4 Å². The summed E-state index contributed by atoms with van der Waals surface area (Å²) in [6, 6.07) is 10.1. The highest BCUT2D eigenvalue weighted by atomic mass is 19.1. The van der Waals surface area contributed by atoms with Crippen LogP contribution in [0.1, 0.15) is 60.6 Å². The first-order valence-electron chi connectivity index (χ1n) is 17.1. The van der Waals surface area contributed by atoms with Crippen molar-refractivity contribution in [1.29, 1.82) is 0 Å². The molecule has 5 heterocycles. The minimum absolute atomic E-state index is 0.000839. The number of aliphatic hydroxyl groups is 1. The Morgan fingerprint density at radius 1 is 0.958 bits per heavy atom. The number of rotatable bonds is 7. The fraction of sp³-hybridized carbons (Fsp3) is 0.500. The number of aryl methyl sites for hydroxylation is 1. The van der Waals surface area contributed by atoms with E-state index in [0.29, 0.717) is 41.8 Å². The molecule has 254 valence electrons. The number of carbonyl (C=O) groups is 1. The summed E-state index contributed by atoms with van der Waals surface area (Å²) in [5.41, 5.74) is 3.52. The Hall–Kier alpha value is -4.13. The van der Waals surface area contributed by atoms with Crippen molar-refractivity contribution in [3.05, 3.63) is 59.8 Å². The van der Waals surface area contributed by atoms with Gasteiger partial charge in [-0.25, -0.2) is 14.4 Å². The van der Waals surface area contributed by atoms with Crippen LogP contribution in [0, 0.1) is 12.7 Å². The van der Waals surface area contributed by atoms with Gasteiger partial charge in [-0.3, -0.25) is 20.0 Å². The second kappa shape index (κ2) is 13.8. The molecule has 12 heteroatoms. The van der Waals surface area contributed by atoms with Crippen molar-refractivity contribution in [2.45, 2.75) is 63.6 Å². The molecular weight excluding hydrogens is 611 g/mol. The van der Waals surface area contributed by atoms with Gasteiger partial charge in [-0.05, 0) is 82.8 Å². The Morgan fingerprint density at radius 3 is 2.44 bits per heavy atom. The molecule has 4 aromatic rings. The monoisotopic (exact) mass is 656 g/mol. The van der Waals surface area contributed by atoms with Crippen LogP contribution >= 0.6 is 0 Å². The molecule has 1 saturated carbocycles. The number of hydrogen-bond donors (Lipinski definition) is 2. The van der Waals surface area contributed by atoms with Crippen molar-refractivity contribution in [2.75, 3.05) is 63.6 Å². The summed E-state index contributed by atoms with van der Waals surface area (Å²) in [5, 5.41) is 13.2. The fourth-order valence-electron chi connectivity index (χ4n) is 7.64. The van der Waals surface area contributed by atoms with E-state index in [0.717, 1.165) is 81.7 Å². The number of hydrogen-bond acceptors (Lipinski definition) is 9. The first-order chi connectivity index (χ1) is 23.3. The molecule has 48 heavy (non-hydrogen) atoms. The molecule has 3 aliphatic rings. The second-order valence-corrected chi connectivity index (χ2v) is 13.5. The minimum atomic E-state index is -0.755. The number of carbonyl (C=O) groups excluding carboxylic acids is 1. The standard InChI is InChI=1S/C36H45FN8O3/c1-23-20-28(33(37)34(39-23)29-22-38-13-10-32(29)48-3)35(47)41-36-40-30-21-26(6-9-31(30)45(36)25-4-7-27(46)8-5-25)43-14-11-24(12-15-43)44-18-16-42(2)17-19-44/h6,9-10,13,20-22,24-25,27,46H,4-5,7-8,11-12,14-19H2,1-3H3,(H,40,41,47)/t25-,27+. The number of halogens is 1. The number of benzene rings is 1. The number of methoxy groups -OCH3 is 1. The Kier molecular flexibility index (Phi) is 9.30. The molecule has 0 atom stereocenters. The normalized spacial score (nSPS) is 21.5. The maximum Gasteiger partial charge on any atom is 0.261 e. The highest BCUT2D eigenvalue weighted by Crippen LogP contribution is 2.37. The van der Waals surface area contributed by atoms with Crippen LogP contribution in [0.2, 0.25) is 0 Å². The number of piperidine rings is 1. The van der Waals surface area contributed by atoms with Gasteiger partial charge >= 0.3 is 0 Å². The molecule has 0 spiro atoms. The molecule has 3 aromatic heterocycles. The molecule has 1 aliphatic carbocycles. The first-order valence-corrected chi connectivity index (χ1v) is 17.1. The van der Waals surface area contributed by atoms with Gasteiger partial charge in [-0.2, -0.15) is 0 Å². The summed E-state index contributed by atoms with van der Waals surface area (Å²) in [5.74, 6) is -0.582. The summed E-state index contributed by atoms with van der Waals surface area (Å²) >= 11 is 0. The zero-order chi connectivity index (χ0) is 33.4. The smallest absolute Gasteiger partial charge is 0.261 e. The van der Waals surface area contributed by atoms with Crippen LogP contribution in [0.5, 0.6) is 5.75 Å². The third-order valence-electron chi connectivity index (χ3n) is 10.4. The lowest BCUT2D eigenvalue weighted by Gasteiger charge is -2.42. The van der Waals surface area contributed by atoms with Crippen LogP contribution in [0.4, 0.5) is 16.0 Å². The number of aromatic nitrogens is 4. The van der Waals surface area contributed by atoms with E-state index in [9.17, 15) is 9.90 Å². The topological polar surface area (TPSA) is 112 Å². The summed E-state index contributed by atoms with van der Waals surface area (Å²) in [6.07, 6.45) is 7.83. The third-order valence-corrected chi connectivity index (χ3v) is 10.4. The van der Waals surface area contributed by atoms with Gasteiger partial charge in [0, 0.05) is 75.1 Å². The van der Waals surface area contributed by atoms with Gasteiger partial charge in [0.15, 0.2) is 5.82 Å². The lowest BCUT2D eigenvalue weighted by atomic mass is 9.93. The predicted octanol–water partition coefficient (Wildman–Crippen LogP) is 4.89. The molecule has 11 nitrogen and oxygen atoms in total. The summed E-state index contributed by atoms with van der Waals surface area (Å²) in [6.45, 7) is 8.23. The molecule has 7 rings (SSSR count). The number of amides is 1. The van der Waals surface area contributed by atoms with Crippen molar-refractivity contribution < 1.29 is 19.0 Å². The summed E-state index contributed by atoms with van der Waals surface area (Å²) in [4.78, 5) is 34.8. The Bertz CT molecular complexity index is 1770. The molecule has 2 saturated heterocycles. The highest BCUT2D eigenvalue weighted by molar-refractivity contribution is 6.05. The van der Waals surface area contributed by atoms with Gasteiger partial charge in [-0.15, -0.1) is 0 Å². The van der Waals surface area contributed by atoms with Crippen molar-refractivity contribution in [1.82, 2.24) is 29.3 Å². The minimum Gasteiger partial charge on any atom is -0.496 e. The Labute approximate surface area is 280 Å². The number of imidazole rings is 1. The predicted molar refractivity (Wildman–Crippen MR) is 184 cm³/mol. The van der Waals surface area contributed by atoms with E-state index in [4.69, 9.17) is 9.72 Å². The number of aliphatic hydroxyl groups excluding tert-OH is 1. The van der Waals surface area contributed by atoms with Crippen molar-refractivity contribution in [2.24, 2.45) is 0 Å². The number of anilines is 2. The lowest BCUT2D eigenvalue weighted by Crippen LogP contribution is -2.52. The van der Waals surface area contributed by atoms with Crippen molar-refractivity contribution >= 4 is 28.6 Å². The van der Waals surface area contributed by atoms with Gasteiger partial charge in [-0.1, -0.05) is 0 Å². The van der Waals surface area contributed by atoms with Crippen molar-refractivity contribution in [3.63, 3.8) is 0 Å². The number of nitrogens with one attached hydrogen (secondary N) is 1. The average Bonchev–Trinajstić information content (AvgIpc) is 3.46. The third kappa shape index (κ3) is 6.48. The van der Waals surface area contributed by atoms with Crippen LogP contribution in [-0.4, -0.2) is 106 Å². The molecule has 2 aliphatic heterocycles. The summed E-state index contributed by atoms with van der Waals surface area (Å²) in [7, 11) is 3.69. The van der Waals surface area contributed by atoms with Crippen LogP contribution in [0.15, 0.2) is 42.7 Å². The molecule has 0 unspecified atom stereocenters. The second-order valence-electron chi connectivity index (χ2n) is 13.5. The fourth-order valence-corrected chi connectivity index (χ4v) is 7.64. The molecule has 0 bridgehead atoms. The van der Waals surface area contributed by atoms with Gasteiger partial charge in [0.1, 0.15) is 11.4 Å². The van der Waals surface area contributed by atoms with Crippen LogP contribution in [0.3, 0.4) is 0 Å². The number of ether oxygens (including phenoxy) is 1. The quantitative estimate of drug-likeness (QED) is 0.287. The molecule has 3 fully saturated rings. The number of piperazine rings is 1. The average molecular weight is 657 g/mol. The largest absolute Gasteiger partial charge is 0.496 e. The highest BCUT2D eigenvalue weighted by Gasteiger charge is 2.30. The Balaban J connectivity index is 1.17. The molecule has 2 N–H and O–H groups in total. The van der Waals surface area contributed by atoms with Crippen LogP contribution in [-0.2, 0) is 0 Å². The molecule has 1 amide bonds. The SMILES string of the molecule is COc1ccncc1-c1nc(C)cc(C(=O)Nc2nc3cc(N4CCC(N5CCN(C)CC5)CC4)ccc3n2[C@H]2CC[C@@H](O)CC2)c1F. The van der Waals surface area contributed by atoms with E-state index < -0.39 is 11.7 Å². The molecule has 0 radical (unpaired) electrons. The zero-order valence-corrected chi connectivity index (χ0v) is 28.0. The molecular formula is C36H45FN8O3. The zero-order valence-electron chi connectivity index (χ0n) is 28.0. The van der Waals surface area contributed by atoms with E-state index in [1.807, 2.05) is 0 Å².